The summed E-state index contributed by atoms with van der Waals surface area (Å²) in [5.74, 6) is -0.503. The Morgan fingerprint density at radius 2 is 2.00 bits per heavy atom. The van der Waals surface area contributed by atoms with Gasteiger partial charge in [-0.3, -0.25) is 0 Å². The van der Waals surface area contributed by atoms with Crippen LogP contribution in [0.5, 0.6) is 0 Å². The van der Waals surface area contributed by atoms with E-state index in [-0.39, 0.29) is 12.3 Å². The van der Waals surface area contributed by atoms with Crippen molar-refractivity contribution in [3.05, 3.63) is 69.2 Å². The molecule has 0 aliphatic heterocycles. The number of nitrogens with one attached hydrogen (secondary N) is 1. The molecule has 0 bridgehead atoms. The summed E-state index contributed by atoms with van der Waals surface area (Å²) in [5.41, 5.74) is 2.57. The second-order valence-electron chi connectivity index (χ2n) is 5.08. The molecule has 0 fully saturated rings. The van der Waals surface area contributed by atoms with Crippen molar-refractivity contribution in [2.75, 3.05) is 6.61 Å². The summed E-state index contributed by atoms with van der Waals surface area (Å²) in [4.78, 5) is 15.7. The van der Waals surface area contributed by atoms with Crippen molar-refractivity contribution in [3.8, 4) is 12.1 Å². The molecule has 0 aromatic carbocycles. The number of allylic oxidation sites excluding steroid dienone is 5. The zero-order chi connectivity index (χ0) is 20.9. The summed E-state index contributed by atoms with van der Waals surface area (Å²) in [6.45, 7) is 7.88. The van der Waals surface area contributed by atoms with E-state index in [4.69, 9.17) is 4.74 Å². The number of nitrogens with zero attached hydrogens (tertiary/aromatic N) is 2. The third-order valence-corrected chi connectivity index (χ3v) is 4.42. The Hall–Kier alpha value is -3.35. The van der Waals surface area contributed by atoms with Gasteiger partial charge >= 0.3 is 5.97 Å². The van der Waals surface area contributed by atoms with Crippen molar-refractivity contribution in [3.63, 3.8) is 0 Å². The van der Waals surface area contributed by atoms with Crippen LogP contribution in [0.25, 0.3) is 11.6 Å². The highest BCUT2D eigenvalue weighted by molar-refractivity contribution is 7.11. The molecule has 2 rings (SSSR count). The average Bonchev–Trinajstić information content (AvgIpc) is 3.35. The average molecular weight is 394 g/mol. The van der Waals surface area contributed by atoms with E-state index in [1.54, 1.807) is 25.1 Å². The van der Waals surface area contributed by atoms with Gasteiger partial charge in [0.2, 0.25) is 0 Å². The lowest BCUT2D eigenvalue weighted by molar-refractivity contribution is 0.0520. The zero-order valence-electron chi connectivity index (χ0n) is 16.4. The molecule has 28 heavy (non-hydrogen) atoms. The van der Waals surface area contributed by atoms with E-state index >= 15 is 0 Å². The first-order valence-corrected chi connectivity index (χ1v) is 9.81. The van der Waals surface area contributed by atoms with Gasteiger partial charge in [0.15, 0.2) is 0 Å². The number of ether oxygens (including phenoxy) is 1. The molecule has 0 saturated carbocycles. The third kappa shape index (κ3) is 5.57. The van der Waals surface area contributed by atoms with E-state index in [1.807, 2.05) is 44.4 Å². The molecule has 5 nitrogen and oxygen atoms in total. The van der Waals surface area contributed by atoms with Crippen LogP contribution in [0.15, 0.2) is 41.9 Å². The van der Waals surface area contributed by atoms with Crippen LogP contribution in [0.2, 0.25) is 0 Å². The molecule has 1 N–H and O–H groups in total. The van der Waals surface area contributed by atoms with Crippen molar-refractivity contribution >= 4 is 29.0 Å². The van der Waals surface area contributed by atoms with Gasteiger partial charge in [-0.2, -0.15) is 10.5 Å². The van der Waals surface area contributed by atoms with Gasteiger partial charge in [-0.1, -0.05) is 44.2 Å². The maximum atomic E-state index is 12.0. The number of rotatable bonds is 6. The number of hydrogen-bond donors (Lipinski definition) is 1. The van der Waals surface area contributed by atoms with E-state index in [2.05, 4.69) is 17.1 Å². The molecule has 0 saturated heterocycles. The predicted molar refractivity (Wildman–Crippen MR) is 114 cm³/mol. The van der Waals surface area contributed by atoms with Crippen LogP contribution < -0.4 is 0 Å². The molecule has 6 heteroatoms. The minimum absolute atomic E-state index is 0.245. The lowest BCUT2D eigenvalue weighted by Gasteiger charge is -2.01. The first-order valence-electron chi connectivity index (χ1n) is 8.93. The van der Waals surface area contributed by atoms with Gasteiger partial charge in [0.05, 0.1) is 22.6 Å². The molecule has 0 aliphatic rings. The van der Waals surface area contributed by atoms with E-state index in [0.717, 1.165) is 10.5 Å². The molecule has 2 aromatic rings. The largest absolute Gasteiger partial charge is 0.461 e. The lowest BCUT2D eigenvalue weighted by atomic mass is 10.1. The highest BCUT2D eigenvalue weighted by Crippen LogP contribution is 2.26. The molecule has 0 atom stereocenters. The number of esters is 1. The predicted octanol–water partition coefficient (Wildman–Crippen LogP) is 5.70. The summed E-state index contributed by atoms with van der Waals surface area (Å²) >= 11 is 1.48. The van der Waals surface area contributed by atoms with Gasteiger partial charge in [0.25, 0.3) is 0 Å². The van der Waals surface area contributed by atoms with Crippen LogP contribution in [0.3, 0.4) is 0 Å². The van der Waals surface area contributed by atoms with Crippen LogP contribution in [0, 0.1) is 22.7 Å². The van der Waals surface area contributed by atoms with E-state index in [1.165, 1.54) is 17.5 Å². The monoisotopic (exact) mass is 393 g/mol. The third-order valence-electron chi connectivity index (χ3n) is 3.45. The smallest absolute Gasteiger partial charge is 0.355 e. The number of carbonyl (C=O) groups is 1. The Kier molecular flexibility index (Phi) is 9.82. The van der Waals surface area contributed by atoms with E-state index in [0.29, 0.717) is 16.7 Å². The summed E-state index contributed by atoms with van der Waals surface area (Å²) in [6, 6.07) is 6.01. The molecular weight excluding hydrogens is 370 g/mol. The Labute approximate surface area is 169 Å². The fraction of sp³-hybridized carbons (Fsp3) is 0.227. The van der Waals surface area contributed by atoms with Crippen molar-refractivity contribution in [1.29, 1.82) is 10.5 Å². The van der Waals surface area contributed by atoms with Crippen LogP contribution in [-0.4, -0.2) is 17.6 Å². The van der Waals surface area contributed by atoms with Crippen molar-refractivity contribution in [2.24, 2.45) is 0 Å². The zero-order valence-corrected chi connectivity index (χ0v) is 17.3. The molecule has 0 amide bonds. The van der Waals surface area contributed by atoms with Gasteiger partial charge in [-0.25, -0.2) is 4.79 Å². The number of hydrogen-bond acceptors (Lipinski definition) is 5. The Morgan fingerprint density at radius 3 is 2.61 bits per heavy atom. The number of H-pyrrole nitrogens is 1. The fourth-order valence-electron chi connectivity index (χ4n) is 2.33. The molecular formula is C22H23N3O2S. The number of carbonyl (C=O) groups excluding carboxylic acids is 1. The van der Waals surface area contributed by atoms with Gasteiger partial charge in [-0.15, -0.1) is 11.3 Å². The van der Waals surface area contributed by atoms with Gasteiger partial charge in [-0.05, 0) is 30.9 Å². The summed E-state index contributed by atoms with van der Waals surface area (Å²) in [6.07, 6.45) is 10.6. The topological polar surface area (TPSA) is 89.7 Å². The Morgan fingerprint density at radius 1 is 1.29 bits per heavy atom. The van der Waals surface area contributed by atoms with Crippen molar-refractivity contribution in [1.82, 2.24) is 4.98 Å². The minimum atomic E-state index is -0.503. The minimum Gasteiger partial charge on any atom is -0.461 e. The van der Waals surface area contributed by atoms with Crippen LogP contribution >= 0.6 is 11.3 Å². The fourth-order valence-corrected chi connectivity index (χ4v) is 3.18. The summed E-state index contributed by atoms with van der Waals surface area (Å²) in [7, 11) is 0. The number of aromatic amines is 1. The highest BCUT2D eigenvalue weighted by Gasteiger charge is 2.16. The standard InChI is InChI=1S/C20H17N3O2S.C2H6/c1-3-6-14(19-15(11-21)9-10-26-19)7-5-8-17-16(12-22)13-23-18(17)20(24)25-4-2;1-2/h3,5-10,13,23H,4H2,1-2H3;1-2H3/b6-3-,8-5+,14-7+;. The maximum Gasteiger partial charge on any atom is 0.355 e. The first-order chi connectivity index (χ1) is 13.7. The molecule has 0 spiro atoms. The van der Waals surface area contributed by atoms with Crippen molar-refractivity contribution in [2.45, 2.75) is 27.7 Å². The maximum absolute atomic E-state index is 12.0. The molecule has 144 valence electrons. The van der Waals surface area contributed by atoms with Crippen LogP contribution in [-0.2, 0) is 4.74 Å². The van der Waals surface area contributed by atoms with E-state index < -0.39 is 5.97 Å². The second-order valence-corrected chi connectivity index (χ2v) is 6.00. The van der Waals surface area contributed by atoms with Gasteiger partial charge in [0.1, 0.15) is 17.8 Å². The lowest BCUT2D eigenvalue weighted by Crippen LogP contribution is -2.06. The Bertz CT molecular complexity index is 963. The summed E-state index contributed by atoms with van der Waals surface area (Å²) < 4.78 is 5.01. The normalized spacial score (nSPS) is 11.0. The second kappa shape index (κ2) is 12.1. The number of aromatic nitrogens is 1. The number of thiophene rings is 1. The Balaban J connectivity index is 0.00000190. The number of nitriles is 2. The molecule has 0 aliphatic carbocycles. The van der Waals surface area contributed by atoms with Gasteiger partial charge in [0, 0.05) is 11.8 Å². The van der Waals surface area contributed by atoms with Crippen molar-refractivity contribution < 1.29 is 9.53 Å². The van der Waals surface area contributed by atoms with Crippen LogP contribution in [0.1, 0.15) is 59.8 Å². The molecule has 2 aromatic heterocycles. The van der Waals surface area contributed by atoms with Gasteiger partial charge < -0.3 is 9.72 Å². The first kappa shape index (κ1) is 22.7. The highest BCUT2D eigenvalue weighted by atomic mass is 32.1. The van der Waals surface area contributed by atoms with Crippen LogP contribution in [0.4, 0.5) is 0 Å². The van der Waals surface area contributed by atoms with E-state index in [9.17, 15) is 15.3 Å². The molecule has 2 heterocycles. The summed E-state index contributed by atoms with van der Waals surface area (Å²) in [5, 5.41) is 20.3. The molecule has 0 radical (unpaired) electrons. The molecule has 0 unspecified atom stereocenters. The quantitative estimate of drug-likeness (QED) is 0.504. The SMILES string of the molecule is CC.C\C=C/C(=C\C=C\c1c(C#N)c[nH]c1C(=O)OCC)c1sccc1C#N.